The van der Waals surface area contributed by atoms with Crippen LogP contribution in [-0.2, 0) is 14.3 Å². The summed E-state index contributed by atoms with van der Waals surface area (Å²) < 4.78 is 5.53. The zero-order chi connectivity index (χ0) is 23.7. The lowest BCUT2D eigenvalue weighted by Gasteiger charge is -2.29. The van der Waals surface area contributed by atoms with Crippen LogP contribution in [0, 0.1) is 5.41 Å². The van der Waals surface area contributed by atoms with Gasteiger partial charge in [0.05, 0.1) is 5.41 Å². The predicted molar refractivity (Wildman–Crippen MR) is 126 cm³/mol. The van der Waals surface area contributed by atoms with Crippen LogP contribution in [0.3, 0.4) is 0 Å². The third kappa shape index (κ3) is 3.83. The van der Waals surface area contributed by atoms with Gasteiger partial charge in [-0.25, -0.2) is 4.79 Å². The molecular weight excluding hydrogens is 432 g/mol. The lowest BCUT2D eigenvalue weighted by molar-refractivity contribution is -0.150. The Morgan fingerprint density at radius 1 is 1.03 bits per heavy atom. The average Bonchev–Trinajstić information content (AvgIpc) is 3.51. The minimum absolute atomic E-state index is 0.0100. The van der Waals surface area contributed by atoms with E-state index in [2.05, 4.69) is 29.6 Å². The minimum atomic E-state index is -0.776. The first-order valence-electron chi connectivity index (χ1n) is 12.1. The predicted octanol–water partition coefficient (Wildman–Crippen LogP) is 4.16. The fraction of sp³-hybridized carbons (Fsp3) is 0.444. The number of carbonyl (C=O) groups excluding carboxylic acids is 2. The van der Waals surface area contributed by atoms with Crippen molar-refractivity contribution in [2.24, 2.45) is 5.41 Å². The van der Waals surface area contributed by atoms with Crippen molar-refractivity contribution in [1.82, 2.24) is 10.2 Å². The number of rotatable bonds is 7. The fourth-order valence-corrected chi connectivity index (χ4v) is 6.15. The van der Waals surface area contributed by atoms with Crippen LogP contribution >= 0.6 is 0 Å². The van der Waals surface area contributed by atoms with Crippen LogP contribution in [0.5, 0.6) is 0 Å². The quantitative estimate of drug-likeness (QED) is 0.603. The Bertz CT molecular complexity index is 1070. The Hall–Kier alpha value is -3.35. The summed E-state index contributed by atoms with van der Waals surface area (Å²) in [6, 6.07) is 16.2. The molecule has 34 heavy (non-hydrogen) atoms. The summed E-state index contributed by atoms with van der Waals surface area (Å²) in [5, 5.41) is 12.4. The van der Waals surface area contributed by atoms with Crippen molar-refractivity contribution < 1.29 is 24.2 Å². The summed E-state index contributed by atoms with van der Waals surface area (Å²) in [6.07, 6.45) is 3.09. The second-order valence-corrected chi connectivity index (χ2v) is 9.56. The number of ether oxygens (including phenoxy) is 1. The van der Waals surface area contributed by atoms with Crippen molar-refractivity contribution in [1.29, 1.82) is 0 Å². The minimum Gasteiger partial charge on any atom is -0.481 e. The number of hydrogen-bond acceptors (Lipinski definition) is 4. The molecule has 0 spiro atoms. The van der Waals surface area contributed by atoms with Gasteiger partial charge in [-0.2, -0.15) is 0 Å². The maximum Gasteiger partial charge on any atom is 0.407 e. The van der Waals surface area contributed by atoms with Gasteiger partial charge in [0.25, 0.3) is 0 Å². The van der Waals surface area contributed by atoms with Gasteiger partial charge in [-0.1, -0.05) is 55.0 Å². The number of amides is 2. The molecule has 0 radical (unpaired) electrons. The molecule has 2 unspecified atom stereocenters. The summed E-state index contributed by atoms with van der Waals surface area (Å²) in [7, 11) is 0. The molecule has 1 heterocycles. The fourth-order valence-electron chi connectivity index (χ4n) is 6.15. The van der Waals surface area contributed by atoms with Crippen LogP contribution in [0.15, 0.2) is 48.5 Å². The van der Waals surface area contributed by atoms with Crippen molar-refractivity contribution in [3.8, 4) is 11.1 Å². The summed E-state index contributed by atoms with van der Waals surface area (Å²) in [6.45, 7) is 1.10. The van der Waals surface area contributed by atoms with E-state index in [0.717, 1.165) is 24.0 Å². The van der Waals surface area contributed by atoms with E-state index in [4.69, 9.17) is 4.74 Å². The molecule has 2 aliphatic carbocycles. The Kier molecular flexibility index (Phi) is 6.02. The van der Waals surface area contributed by atoms with E-state index in [0.29, 0.717) is 32.4 Å². The number of carboxylic acids is 1. The zero-order valence-corrected chi connectivity index (χ0v) is 19.2. The van der Waals surface area contributed by atoms with Crippen molar-refractivity contribution in [3.05, 3.63) is 59.7 Å². The molecule has 2 amide bonds. The lowest BCUT2D eigenvalue weighted by atomic mass is 9.82. The van der Waals surface area contributed by atoms with Crippen LogP contribution in [0.25, 0.3) is 11.1 Å². The number of nitrogens with zero attached hydrogens (tertiary/aromatic N) is 1. The highest BCUT2D eigenvalue weighted by Crippen LogP contribution is 2.49. The number of likely N-dealkylation sites (tertiary alicyclic amines) is 1. The first-order valence-corrected chi connectivity index (χ1v) is 12.1. The number of fused-ring (bicyclic) bond motifs is 4. The first-order chi connectivity index (χ1) is 16.5. The summed E-state index contributed by atoms with van der Waals surface area (Å²) in [5.41, 5.74) is 3.94. The topological polar surface area (TPSA) is 95.9 Å². The number of carboxylic acid groups (broad SMARTS) is 1. The molecule has 2 aromatic carbocycles. The SMILES string of the molecule is O=C(NCCCC(=O)N1CCC2(C(=O)O)CCCC12)OCC1c2ccccc2-c2ccccc21. The second kappa shape index (κ2) is 9.12. The van der Waals surface area contributed by atoms with Crippen molar-refractivity contribution in [3.63, 3.8) is 0 Å². The molecule has 1 saturated heterocycles. The van der Waals surface area contributed by atoms with E-state index in [9.17, 15) is 19.5 Å². The molecule has 2 aromatic rings. The first kappa shape index (κ1) is 22.4. The molecular formula is C27H30N2O5. The third-order valence-electron chi connectivity index (χ3n) is 7.84. The molecule has 2 atom stereocenters. The van der Waals surface area contributed by atoms with Crippen molar-refractivity contribution in [2.45, 2.75) is 50.5 Å². The molecule has 0 bridgehead atoms. The maximum absolute atomic E-state index is 12.7. The molecule has 1 saturated carbocycles. The number of hydrogen-bond donors (Lipinski definition) is 2. The highest BCUT2D eigenvalue weighted by molar-refractivity contribution is 5.82. The average molecular weight is 463 g/mol. The number of aliphatic carboxylic acids is 1. The van der Waals surface area contributed by atoms with E-state index in [1.165, 1.54) is 11.1 Å². The van der Waals surface area contributed by atoms with Gasteiger partial charge >= 0.3 is 12.1 Å². The van der Waals surface area contributed by atoms with Gasteiger partial charge in [0, 0.05) is 31.5 Å². The highest BCUT2D eigenvalue weighted by Gasteiger charge is 2.56. The zero-order valence-electron chi connectivity index (χ0n) is 19.2. The van der Waals surface area contributed by atoms with E-state index in [1.807, 2.05) is 24.3 Å². The van der Waals surface area contributed by atoms with Crippen LogP contribution in [0.4, 0.5) is 4.79 Å². The molecule has 178 valence electrons. The lowest BCUT2D eigenvalue weighted by Crippen LogP contribution is -2.43. The molecule has 1 aliphatic heterocycles. The van der Waals surface area contributed by atoms with Gasteiger partial charge in [0.2, 0.25) is 5.91 Å². The number of benzene rings is 2. The normalized spacial score (nSPS) is 22.7. The van der Waals surface area contributed by atoms with Crippen LogP contribution in [-0.4, -0.2) is 53.7 Å². The Labute approximate surface area is 199 Å². The van der Waals surface area contributed by atoms with E-state index in [-0.39, 0.29) is 30.9 Å². The standard InChI is InChI=1S/C27H30N2O5/c30-24(29-16-14-27(25(31)32)13-5-11-23(27)29)12-6-15-28-26(33)34-17-22-20-9-3-1-7-18(20)19-8-2-4-10-21(19)22/h1-4,7-10,22-23H,5-6,11-17H2,(H,28,33)(H,31,32). The monoisotopic (exact) mass is 462 g/mol. The van der Waals surface area contributed by atoms with E-state index < -0.39 is 17.5 Å². The van der Waals surface area contributed by atoms with Gasteiger partial charge in [0.1, 0.15) is 6.61 Å². The number of nitrogens with one attached hydrogen (secondary N) is 1. The van der Waals surface area contributed by atoms with Crippen LogP contribution in [0.2, 0.25) is 0 Å². The van der Waals surface area contributed by atoms with Gasteiger partial charge in [0.15, 0.2) is 0 Å². The van der Waals surface area contributed by atoms with Crippen LogP contribution < -0.4 is 5.32 Å². The Morgan fingerprint density at radius 2 is 1.71 bits per heavy atom. The van der Waals surface area contributed by atoms with Crippen molar-refractivity contribution in [2.75, 3.05) is 19.7 Å². The van der Waals surface area contributed by atoms with E-state index >= 15 is 0 Å². The molecule has 2 N–H and O–H groups in total. The van der Waals surface area contributed by atoms with Crippen LogP contribution in [0.1, 0.15) is 55.6 Å². The summed E-state index contributed by atoms with van der Waals surface area (Å²) >= 11 is 0. The maximum atomic E-state index is 12.7. The Morgan fingerprint density at radius 3 is 2.38 bits per heavy atom. The smallest absolute Gasteiger partial charge is 0.407 e. The molecule has 7 heteroatoms. The molecule has 3 aliphatic rings. The second-order valence-electron chi connectivity index (χ2n) is 9.56. The Balaban J connectivity index is 1.08. The molecule has 7 nitrogen and oxygen atoms in total. The summed E-state index contributed by atoms with van der Waals surface area (Å²) in [4.78, 5) is 38.6. The van der Waals surface area contributed by atoms with Gasteiger partial charge in [-0.05, 0) is 47.9 Å². The van der Waals surface area contributed by atoms with Gasteiger partial charge in [-0.3, -0.25) is 9.59 Å². The molecule has 0 aromatic heterocycles. The van der Waals surface area contributed by atoms with Gasteiger partial charge < -0.3 is 20.1 Å². The number of carbonyl (C=O) groups is 3. The van der Waals surface area contributed by atoms with E-state index in [1.54, 1.807) is 4.90 Å². The highest BCUT2D eigenvalue weighted by atomic mass is 16.5. The largest absolute Gasteiger partial charge is 0.481 e. The molecule has 5 rings (SSSR count). The van der Waals surface area contributed by atoms with Crippen molar-refractivity contribution >= 4 is 18.0 Å². The molecule has 2 fully saturated rings. The summed E-state index contributed by atoms with van der Waals surface area (Å²) in [5.74, 6) is -0.789. The van der Waals surface area contributed by atoms with Gasteiger partial charge in [-0.15, -0.1) is 0 Å². The third-order valence-corrected chi connectivity index (χ3v) is 7.84. The number of alkyl carbamates (subject to hydrolysis) is 1.